The number of aromatic nitrogens is 2. The molecule has 3 rings (SSSR count). The predicted molar refractivity (Wildman–Crippen MR) is 79.3 cm³/mol. The Labute approximate surface area is 121 Å². The number of thioether (sulfide) groups is 1. The molecule has 0 aliphatic heterocycles. The Hall–Kier alpha value is -1.62. The maximum absolute atomic E-state index is 10.7. The van der Waals surface area contributed by atoms with Crippen LogP contribution in [0.3, 0.4) is 0 Å². The predicted octanol–water partition coefficient (Wildman–Crippen LogP) is 2.99. The lowest BCUT2D eigenvalue weighted by molar-refractivity contribution is -0.133. The topological polar surface area (TPSA) is 63.1 Å². The summed E-state index contributed by atoms with van der Waals surface area (Å²) in [6.45, 7) is 1.88. The van der Waals surface area contributed by atoms with Crippen LogP contribution in [0.25, 0.3) is 11.0 Å². The van der Waals surface area contributed by atoms with Crippen molar-refractivity contribution in [2.75, 3.05) is 5.75 Å². The molecule has 0 radical (unpaired) electrons. The summed E-state index contributed by atoms with van der Waals surface area (Å²) in [6.07, 6.45) is 4.72. The summed E-state index contributed by atoms with van der Waals surface area (Å²) in [5.41, 5.74) is 5.37. The van der Waals surface area contributed by atoms with Crippen LogP contribution in [0.4, 0.5) is 0 Å². The van der Waals surface area contributed by atoms with Gasteiger partial charge in [0.2, 0.25) is 0 Å². The monoisotopic (exact) mass is 288 g/mol. The highest BCUT2D eigenvalue weighted by Gasteiger charge is 2.13. The number of carboxylic acids is 1. The van der Waals surface area contributed by atoms with E-state index < -0.39 is 5.97 Å². The third kappa shape index (κ3) is 2.63. The zero-order chi connectivity index (χ0) is 14.1. The van der Waals surface area contributed by atoms with Crippen LogP contribution in [0.2, 0.25) is 0 Å². The van der Waals surface area contributed by atoms with Gasteiger partial charge >= 0.3 is 5.97 Å². The molecule has 0 fully saturated rings. The molecule has 2 aromatic rings. The van der Waals surface area contributed by atoms with Gasteiger partial charge in [-0.05, 0) is 55.9 Å². The van der Waals surface area contributed by atoms with Crippen molar-refractivity contribution in [3.05, 3.63) is 29.0 Å². The molecule has 20 heavy (non-hydrogen) atoms. The first kappa shape index (κ1) is 13.4. The molecular weight excluding hydrogens is 272 g/mol. The second-order valence-electron chi connectivity index (χ2n) is 5.11. The van der Waals surface area contributed by atoms with Gasteiger partial charge in [0.1, 0.15) is 5.03 Å². The maximum atomic E-state index is 10.7. The third-order valence-corrected chi connectivity index (χ3v) is 4.64. The Bertz CT molecular complexity index is 685. The molecule has 1 aliphatic carbocycles. The Morgan fingerprint density at radius 2 is 1.80 bits per heavy atom. The molecular formula is C15H16N2O2S. The molecule has 0 unspecified atom stereocenters. The van der Waals surface area contributed by atoms with E-state index in [2.05, 4.69) is 22.1 Å². The Balaban J connectivity index is 2.02. The normalized spacial score (nSPS) is 14.2. The molecule has 0 bridgehead atoms. The fraction of sp³-hybridized carbons (Fsp3) is 0.400. The summed E-state index contributed by atoms with van der Waals surface area (Å²) < 4.78 is 0. The van der Waals surface area contributed by atoms with E-state index in [-0.39, 0.29) is 5.75 Å². The molecule has 1 heterocycles. The number of hydrogen-bond acceptors (Lipinski definition) is 4. The Morgan fingerprint density at radius 3 is 2.40 bits per heavy atom. The van der Waals surface area contributed by atoms with E-state index in [0.717, 1.165) is 34.6 Å². The van der Waals surface area contributed by atoms with Crippen LogP contribution in [0.5, 0.6) is 0 Å². The number of carbonyl (C=O) groups is 1. The lowest BCUT2D eigenvalue weighted by Crippen LogP contribution is -2.04. The number of nitrogens with zero attached hydrogens (tertiary/aromatic N) is 2. The van der Waals surface area contributed by atoms with E-state index in [9.17, 15) is 4.79 Å². The highest BCUT2D eigenvalue weighted by atomic mass is 32.2. The molecule has 0 amide bonds. The summed E-state index contributed by atoms with van der Waals surface area (Å²) in [6, 6.07) is 4.27. The largest absolute Gasteiger partial charge is 0.481 e. The van der Waals surface area contributed by atoms with Crippen molar-refractivity contribution in [2.45, 2.75) is 37.6 Å². The molecule has 0 saturated carbocycles. The molecule has 5 heteroatoms. The van der Waals surface area contributed by atoms with Gasteiger partial charge in [-0.25, -0.2) is 9.97 Å². The number of hydrogen-bond donors (Lipinski definition) is 1. The number of aryl methyl sites for hydroxylation is 3. The number of benzene rings is 1. The summed E-state index contributed by atoms with van der Waals surface area (Å²) >= 11 is 1.23. The minimum absolute atomic E-state index is 0.0198. The van der Waals surface area contributed by atoms with Gasteiger partial charge in [0.05, 0.1) is 22.5 Å². The van der Waals surface area contributed by atoms with Gasteiger partial charge in [0.15, 0.2) is 0 Å². The molecule has 1 aromatic heterocycles. The van der Waals surface area contributed by atoms with Gasteiger partial charge in [0.25, 0.3) is 0 Å². The van der Waals surface area contributed by atoms with Crippen LogP contribution < -0.4 is 0 Å². The smallest absolute Gasteiger partial charge is 0.313 e. The van der Waals surface area contributed by atoms with Crippen molar-refractivity contribution in [1.82, 2.24) is 9.97 Å². The van der Waals surface area contributed by atoms with Gasteiger partial charge in [-0.15, -0.1) is 0 Å². The SMILES string of the molecule is Cc1nc2cc3c(cc2nc1SCC(=O)O)CCCC3. The molecule has 104 valence electrons. The van der Waals surface area contributed by atoms with Crippen molar-refractivity contribution < 1.29 is 9.90 Å². The highest BCUT2D eigenvalue weighted by molar-refractivity contribution is 7.99. The minimum atomic E-state index is -0.832. The fourth-order valence-electron chi connectivity index (χ4n) is 2.62. The molecule has 1 aromatic carbocycles. The maximum Gasteiger partial charge on any atom is 0.313 e. The van der Waals surface area contributed by atoms with Crippen molar-refractivity contribution in [3.63, 3.8) is 0 Å². The standard InChI is InChI=1S/C15H16N2O2S/c1-9-15(20-8-14(18)19)17-13-7-11-5-3-2-4-10(11)6-12(13)16-9/h6-7H,2-5,8H2,1H3,(H,18,19). The first-order chi connectivity index (χ1) is 9.63. The van der Waals surface area contributed by atoms with Gasteiger partial charge < -0.3 is 5.11 Å². The summed E-state index contributed by atoms with van der Waals surface area (Å²) in [4.78, 5) is 19.8. The summed E-state index contributed by atoms with van der Waals surface area (Å²) in [5, 5.41) is 9.49. The first-order valence-corrected chi connectivity index (χ1v) is 7.77. The van der Waals surface area contributed by atoms with Crippen LogP contribution >= 0.6 is 11.8 Å². The molecule has 0 atom stereocenters. The zero-order valence-corrected chi connectivity index (χ0v) is 12.2. The zero-order valence-electron chi connectivity index (χ0n) is 11.3. The van der Waals surface area contributed by atoms with Crippen molar-refractivity contribution in [3.8, 4) is 0 Å². The van der Waals surface area contributed by atoms with E-state index in [4.69, 9.17) is 5.11 Å². The Morgan fingerprint density at radius 1 is 1.20 bits per heavy atom. The minimum Gasteiger partial charge on any atom is -0.481 e. The number of carboxylic acid groups (broad SMARTS) is 1. The van der Waals surface area contributed by atoms with E-state index in [1.807, 2.05) is 6.92 Å². The Kier molecular flexibility index (Phi) is 3.61. The average Bonchev–Trinajstić information content (AvgIpc) is 2.43. The molecule has 4 nitrogen and oxygen atoms in total. The molecule has 1 N–H and O–H groups in total. The van der Waals surface area contributed by atoms with Crippen LogP contribution in [0.15, 0.2) is 17.2 Å². The first-order valence-electron chi connectivity index (χ1n) is 6.78. The molecule has 0 saturated heterocycles. The van der Waals surface area contributed by atoms with Crippen molar-refractivity contribution in [2.24, 2.45) is 0 Å². The van der Waals surface area contributed by atoms with Gasteiger partial charge in [0, 0.05) is 0 Å². The second kappa shape index (κ2) is 5.40. The van der Waals surface area contributed by atoms with Gasteiger partial charge in [-0.1, -0.05) is 11.8 Å². The fourth-order valence-corrected chi connectivity index (χ4v) is 3.30. The van der Waals surface area contributed by atoms with Crippen LogP contribution in [-0.2, 0) is 17.6 Å². The molecule has 0 spiro atoms. The second-order valence-corrected chi connectivity index (χ2v) is 6.08. The number of rotatable bonds is 3. The van der Waals surface area contributed by atoms with Crippen molar-refractivity contribution in [1.29, 1.82) is 0 Å². The third-order valence-electron chi connectivity index (χ3n) is 3.59. The van der Waals surface area contributed by atoms with Gasteiger partial charge in [-0.3, -0.25) is 4.79 Å². The lowest BCUT2D eigenvalue weighted by Gasteiger charge is -2.16. The van der Waals surface area contributed by atoms with Crippen LogP contribution in [-0.4, -0.2) is 26.8 Å². The average molecular weight is 288 g/mol. The number of fused-ring (bicyclic) bond motifs is 2. The van der Waals surface area contributed by atoms with Crippen LogP contribution in [0.1, 0.15) is 29.7 Å². The van der Waals surface area contributed by atoms with E-state index in [1.165, 1.54) is 35.7 Å². The summed E-state index contributed by atoms with van der Waals surface area (Å²) in [5.74, 6) is -0.812. The lowest BCUT2D eigenvalue weighted by atomic mass is 9.91. The van der Waals surface area contributed by atoms with E-state index in [1.54, 1.807) is 0 Å². The van der Waals surface area contributed by atoms with E-state index in [0.29, 0.717) is 0 Å². The quantitative estimate of drug-likeness (QED) is 0.880. The van der Waals surface area contributed by atoms with E-state index >= 15 is 0 Å². The summed E-state index contributed by atoms with van der Waals surface area (Å²) in [7, 11) is 0. The van der Waals surface area contributed by atoms with Crippen molar-refractivity contribution >= 4 is 28.8 Å². The molecule has 1 aliphatic rings. The number of aliphatic carboxylic acids is 1. The van der Waals surface area contributed by atoms with Gasteiger partial charge in [-0.2, -0.15) is 0 Å². The van der Waals surface area contributed by atoms with Crippen LogP contribution in [0, 0.1) is 6.92 Å². The highest BCUT2D eigenvalue weighted by Crippen LogP contribution is 2.27.